The molecule has 3 rings (SSSR count). The second-order valence-corrected chi connectivity index (χ2v) is 5.41. The average Bonchev–Trinajstić information content (AvgIpc) is 2.51. The van der Waals surface area contributed by atoms with Gasteiger partial charge in [0.15, 0.2) is 0 Å². The molecule has 23 heavy (non-hydrogen) atoms. The number of aromatic nitrogens is 1. The predicted molar refractivity (Wildman–Crippen MR) is 89.0 cm³/mol. The van der Waals surface area contributed by atoms with Gasteiger partial charge in [-0.1, -0.05) is 17.7 Å². The Labute approximate surface area is 136 Å². The molecule has 0 saturated heterocycles. The molecule has 0 atom stereocenters. The molecule has 0 bridgehead atoms. The molecule has 0 unspecified atom stereocenters. The highest BCUT2D eigenvalue weighted by atomic mass is 35.5. The van der Waals surface area contributed by atoms with E-state index in [2.05, 4.69) is 0 Å². The summed E-state index contributed by atoms with van der Waals surface area (Å²) in [7, 11) is 0. The van der Waals surface area contributed by atoms with Crippen molar-refractivity contribution in [3.63, 3.8) is 0 Å². The molecule has 0 saturated carbocycles. The summed E-state index contributed by atoms with van der Waals surface area (Å²) < 4.78 is 11.7. The molecular formula is C17H14ClNO4. The van der Waals surface area contributed by atoms with E-state index >= 15 is 0 Å². The Morgan fingerprint density at radius 2 is 2.00 bits per heavy atom. The lowest BCUT2D eigenvalue weighted by Crippen LogP contribution is -2.31. The van der Waals surface area contributed by atoms with E-state index in [1.54, 1.807) is 43.3 Å². The number of ether oxygens (including phenoxy) is 1. The van der Waals surface area contributed by atoms with Gasteiger partial charge in [-0.05, 0) is 49.7 Å². The number of hydrogen-bond donors (Lipinski definition) is 0. The second-order valence-electron chi connectivity index (χ2n) is 5.00. The Hall–Kier alpha value is -2.53. The zero-order chi connectivity index (χ0) is 16.6. The Balaban J connectivity index is 2.37. The van der Waals surface area contributed by atoms with Crippen molar-refractivity contribution in [2.75, 3.05) is 6.61 Å². The van der Waals surface area contributed by atoms with Crippen molar-refractivity contribution in [1.29, 1.82) is 0 Å². The van der Waals surface area contributed by atoms with E-state index < -0.39 is 11.3 Å². The van der Waals surface area contributed by atoms with Gasteiger partial charge in [-0.2, -0.15) is 0 Å². The van der Waals surface area contributed by atoms with Crippen molar-refractivity contribution in [2.45, 2.75) is 13.8 Å². The van der Waals surface area contributed by atoms with Crippen molar-refractivity contribution in [1.82, 2.24) is 4.57 Å². The average molecular weight is 332 g/mol. The fourth-order valence-corrected chi connectivity index (χ4v) is 2.53. The number of fused-ring (bicyclic) bond motifs is 1. The summed E-state index contributed by atoms with van der Waals surface area (Å²) in [5, 5.41) is 0.795. The van der Waals surface area contributed by atoms with Gasteiger partial charge in [-0.3, -0.25) is 4.79 Å². The zero-order valence-corrected chi connectivity index (χ0v) is 13.4. The highest BCUT2D eigenvalue weighted by Crippen LogP contribution is 2.22. The third kappa shape index (κ3) is 2.64. The van der Waals surface area contributed by atoms with Crippen LogP contribution in [0.15, 0.2) is 50.4 Å². The first-order chi connectivity index (χ1) is 11.0. The van der Waals surface area contributed by atoms with Gasteiger partial charge in [0.05, 0.1) is 12.3 Å². The van der Waals surface area contributed by atoms with E-state index in [1.807, 2.05) is 6.92 Å². The summed E-state index contributed by atoms with van der Waals surface area (Å²) >= 11 is 6.00. The number of nitrogens with zero attached hydrogens (tertiary/aromatic N) is 1. The van der Waals surface area contributed by atoms with Crippen LogP contribution in [-0.2, 0) is 0 Å². The van der Waals surface area contributed by atoms with Crippen molar-refractivity contribution in [3.05, 3.63) is 67.9 Å². The lowest BCUT2D eigenvalue weighted by atomic mass is 10.2. The molecule has 0 aliphatic carbocycles. The molecule has 5 nitrogen and oxygen atoms in total. The second kappa shape index (κ2) is 5.93. The smallest absolute Gasteiger partial charge is 0.426 e. The highest BCUT2D eigenvalue weighted by Gasteiger charge is 2.15. The zero-order valence-electron chi connectivity index (χ0n) is 12.6. The summed E-state index contributed by atoms with van der Waals surface area (Å²) in [6, 6.07) is 9.81. The first kappa shape index (κ1) is 15.4. The van der Waals surface area contributed by atoms with Gasteiger partial charge in [0.25, 0.3) is 5.56 Å². The minimum Gasteiger partial charge on any atom is -0.493 e. The van der Waals surface area contributed by atoms with Crippen LogP contribution in [0.1, 0.15) is 12.5 Å². The third-order valence-electron chi connectivity index (χ3n) is 3.48. The molecule has 0 radical (unpaired) electrons. The predicted octanol–water partition coefficient (Wildman–Crippen LogP) is 3.30. The maximum absolute atomic E-state index is 12.8. The Kier molecular flexibility index (Phi) is 3.96. The van der Waals surface area contributed by atoms with E-state index in [4.69, 9.17) is 20.8 Å². The summed E-state index contributed by atoms with van der Waals surface area (Å²) in [5.74, 6) is -0.365. The van der Waals surface area contributed by atoms with Crippen LogP contribution in [0.5, 0.6) is 5.75 Å². The Morgan fingerprint density at radius 3 is 2.70 bits per heavy atom. The van der Waals surface area contributed by atoms with Crippen LogP contribution >= 0.6 is 11.6 Å². The van der Waals surface area contributed by atoms with E-state index in [1.165, 1.54) is 0 Å². The maximum atomic E-state index is 12.8. The number of rotatable bonds is 3. The van der Waals surface area contributed by atoms with E-state index in [0.29, 0.717) is 23.1 Å². The minimum absolute atomic E-state index is 0.202. The molecule has 1 aromatic heterocycles. The van der Waals surface area contributed by atoms with Crippen molar-refractivity contribution >= 4 is 22.6 Å². The van der Waals surface area contributed by atoms with Crippen molar-refractivity contribution in [2.24, 2.45) is 0 Å². The molecule has 2 aromatic carbocycles. The van der Waals surface area contributed by atoms with Crippen LogP contribution < -0.4 is 16.1 Å². The van der Waals surface area contributed by atoms with Gasteiger partial charge in [-0.15, -0.1) is 0 Å². The molecule has 1 heterocycles. The largest absolute Gasteiger partial charge is 0.493 e. The fraction of sp³-hybridized carbons (Fsp3) is 0.176. The summed E-state index contributed by atoms with van der Waals surface area (Å²) in [6.07, 6.45) is 0. The standard InChI is InChI=1S/C17H14ClNO4/c1-3-22-13-5-4-6-14-15(13)16(20)19(17(21)23-14)11-7-8-12(18)10(2)9-11/h4-9H,3H2,1-2H3. The molecule has 6 heteroatoms. The lowest BCUT2D eigenvalue weighted by molar-refractivity contribution is 0.343. The number of hydrogen-bond acceptors (Lipinski definition) is 4. The van der Waals surface area contributed by atoms with Crippen LogP contribution in [-0.4, -0.2) is 11.2 Å². The first-order valence-corrected chi connectivity index (χ1v) is 7.49. The van der Waals surface area contributed by atoms with Crippen molar-refractivity contribution in [3.8, 4) is 11.4 Å². The first-order valence-electron chi connectivity index (χ1n) is 7.11. The van der Waals surface area contributed by atoms with Gasteiger partial charge in [0.2, 0.25) is 0 Å². The summed E-state index contributed by atoms with van der Waals surface area (Å²) in [5.41, 5.74) is 0.877. The normalized spacial score (nSPS) is 10.9. The number of halogens is 1. The van der Waals surface area contributed by atoms with Crippen LogP contribution in [0.25, 0.3) is 16.7 Å². The van der Waals surface area contributed by atoms with Crippen LogP contribution in [0.4, 0.5) is 0 Å². The highest BCUT2D eigenvalue weighted by molar-refractivity contribution is 6.31. The number of benzene rings is 2. The Bertz CT molecular complexity index is 1000. The molecule has 0 amide bonds. The molecule has 0 fully saturated rings. The van der Waals surface area contributed by atoms with E-state index in [-0.39, 0.29) is 11.0 Å². The maximum Gasteiger partial charge on any atom is 0.426 e. The molecular weight excluding hydrogens is 318 g/mol. The molecule has 0 spiro atoms. The molecule has 118 valence electrons. The third-order valence-corrected chi connectivity index (χ3v) is 3.91. The Morgan fingerprint density at radius 1 is 1.22 bits per heavy atom. The van der Waals surface area contributed by atoms with E-state index in [0.717, 1.165) is 10.1 Å². The quantitative estimate of drug-likeness (QED) is 0.738. The monoisotopic (exact) mass is 331 g/mol. The van der Waals surface area contributed by atoms with Gasteiger partial charge >= 0.3 is 5.76 Å². The van der Waals surface area contributed by atoms with E-state index in [9.17, 15) is 9.59 Å². The van der Waals surface area contributed by atoms with Gasteiger partial charge in [-0.25, -0.2) is 9.36 Å². The van der Waals surface area contributed by atoms with Gasteiger partial charge in [0.1, 0.15) is 16.7 Å². The minimum atomic E-state index is -0.752. The SMILES string of the molecule is CCOc1cccc2oc(=O)n(-c3ccc(Cl)c(C)c3)c(=O)c12. The molecule has 0 aliphatic heterocycles. The lowest BCUT2D eigenvalue weighted by Gasteiger charge is -2.09. The topological polar surface area (TPSA) is 61.4 Å². The molecule has 0 aliphatic rings. The summed E-state index contributed by atoms with van der Waals surface area (Å²) in [4.78, 5) is 25.1. The molecule has 3 aromatic rings. The van der Waals surface area contributed by atoms with Crippen LogP contribution in [0, 0.1) is 6.92 Å². The fourth-order valence-electron chi connectivity index (χ4n) is 2.41. The number of aryl methyl sites for hydroxylation is 1. The van der Waals surface area contributed by atoms with Gasteiger partial charge < -0.3 is 9.15 Å². The van der Waals surface area contributed by atoms with Crippen molar-refractivity contribution < 1.29 is 9.15 Å². The summed E-state index contributed by atoms with van der Waals surface area (Å²) in [6.45, 7) is 4.02. The molecule has 0 N–H and O–H groups in total. The van der Waals surface area contributed by atoms with Gasteiger partial charge in [0, 0.05) is 5.02 Å². The van der Waals surface area contributed by atoms with Crippen LogP contribution in [0.2, 0.25) is 5.02 Å². The van der Waals surface area contributed by atoms with Crippen LogP contribution in [0.3, 0.4) is 0 Å².